The molecular formula is C18H25N5O2. The van der Waals surface area contributed by atoms with E-state index in [-0.39, 0.29) is 10.6 Å². The number of non-ortho nitro benzene ring substituents is 1. The Bertz CT molecular complexity index is 722. The molecule has 1 N–H and O–H groups in total. The van der Waals surface area contributed by atoms with Crippen molar-refractivity contribution in [3.05, 3.63) is 46.1 Å². The maximum absolute atomic E-state index is 10.8. The second-order valence-corrected chi connectivity index (χ2v) is 6.52. The molecule has 0 spiro atoms. The molecule has 1 aromatic heterocycles. The summed E-state index contributed by atoms with van der Waals surface area (Å²) < 4.78 is 1.79. The molecule has 1 aliphatic carbocycles. The molecule has 1 aromatic carbocycles. The molecule has 0 bridgehead atoms. The van der Waals surface area contributed by atoms with Crippen molar-refractivity contribution in [1.29, 1.82) is 0 Å². The van der Waals surface area contributed by atoms with Gasteiger partial charge in [0, 0.05) is 62.2 Å². The number of hydrogen-bond acceptors (Lipinski definition) is 5. The van der Waals surface area contributed by atoms with Crippen LogP contribution in [0.1, 0.15) is 25.3 Å². The number of aromatic nitrogens is 2. The molecule has 0 aliphatic heterocycles. The smallest absolute Gasteiger partial charge is 0.269 e. The molecule has 1 aliphatic rings. The molecule has 0 unspecified atom stereocenters. The van der Waals surface area contributed by atoms with Crippen LogP contribution in [0.25, 0.3) is 11.3 Å². The summed E-state index contributed by atoms with van der Waals surface area (Å²) in [4.78, 5) is 12.9. The van der Waals surface area contributed by atoms with Gasteiger partial charge in [-0.1, -0.05) is 6.92 Å². The molecule has 2 aromatic rings. The van der Waals surface area contributed by atoms with Crippen LogP contribution in [0.5, 0.6) is 0 Å². The highest BCUT2D eigenvalue weighted by molar-refractivity contribution is 5.64. The molecule has 0 saturated heterocycles. The first-order valence-corrected chi connectivity index (χ1v) is 8.80. The Kier molecular flexibility index (Phi) is 5.45. The third kappa shape index (κ3) is 4.43. The summed E-state index contributed by atoms with van der Waals surface area (Å²) in [7, 11) is 1.89. The van der Waals surface area contributed by atoms with Gasteiger partial charge in [0.25, 0.3) is 5.69 Å². The lowest BCUT2D eigenvalue weighted by Gasteiger charge is -2.19. The molecule has 0 amide bonds. The minimum atomic E-state index is -0.385. The van der Waals surface area contributed by atoms with E-state index in [4.69, 9.17) is 0 Å². The van der Waals surface area contributed by atoms with Crippen LogP contribution in [-0.2, 0) is 13.6 Å². The molecule has 134 valence electrons. The zero-order valence-corrected chi connectivity index (χ0v) is 14.8. The lowest BCUT2D eigenvalue weighted by atomic mass is 10.1. The van der Waals surface area contributed by atoms with E-state index in [1.165, 1.54) is 25.0 Å². The first-order valence-electron chi connectivity index (χ1n) is 8.80. The maximum Gasteiger partial charge on any atom is 0.269 e. The average molecular weight is 343 g/mol. The van der Waals surface area contributed by atoms with Crippen molar-refractivity contribution in [2.24, 2.45) is 7.05 Å². The Balaban J connectivity index is 1.61. The van der Waals surface area contributed by atoms with Crippen molar-refractivity contribution in [3.8, 4) is 11.3 Å². The fourth-order valence-electron chi connectivity index (χ4n) is 3.14. The van der Waals surface area contributed by atoms with E-state index in [1.54, 1.807) is 16.8 Å². The van der Waals surface area contributed by atoms with E-state index >= 15 is 0 Å². The van der Waals surface area contributed by atoms with E-state index in [2.05, 4.69) is 22.2 Å². The van der Waals surface area contributed by atoms with Crippen LogP contribution < -0.4 is 5.32 Å². The molecule has 0 radical (unpaired) electrons. The largest absolute Gasteiger partial charge is 0.311 e. The van der Waals surface area contributed by atoms with Gasteiger partial charge in [-0.05, 0) is 31.5 Å². The van der Waals surface area contributed by atoms with Crippen LogP contribution in [0, 0.1) is 10.1 Å². The first kappa shape index (κ1) is 17.6. The number of aryl methyl sites for hydroxylation is 1. The van der Waals surface area contributed by atoms with Gasteiger partial charge in [-0.3, -0.25) is 19.7 Å². The Hall–Kier alpha value is -2.25. The van der Waals surface area contributed by atoms with Crippen LogP contribution in [0.15, 0.2) is 30.5 Å². The molecule has 1 heterocycles. The molecule has 0 atom stereocenters. The Morgan fingerprint density at radius 2 is 2.08 bits per heavy atom. The van der Waals surface area contributed by atoms with E-state index in [0.29, 0.717) is 0 Å². The summed E-state index contributed by atoms with van der Waals surface area (Å²) in [6.07, 6.45) is 4.67. The summed E-state index contributed by atoms with van der Waals surface area (Å²) in [6, 6.07) is 7.36. The number of nitro benzene ring substituents is 1. The van der Waals surface area contributed by atoms with E-state index in [9.17, 15) is 10.1 Å². The van der Waals surface area contributed by atoms with E-state index in [1.807, 2.05) is 13.2 Å². The molecule has 3 rings (SSSR count). The summed E-state index contributed by atoms with van der Waals surface area (Å²) in [5.74, 6) is 0. The van der Waals surface area contributed by atoms with Crippen molar-refractivity contribution < 1.29 is 4.92 Å². The van der Waals surface area contributed by atoms with Crippen molar-refractivity contribution in [3.63, 3.8) is 0 Å². The minimum Gasteiger partial charge on any atom is -0.311 e. The van der Waals surface area contributed by atoms with Gasteiger partial charge in [0.15, 0.2) is 0 Å². The lowest BCUT2D eigenvalue weighted by molar-refractivity contribution is -0.384. The fourth-order valence-corrected chi connectivity index (χ4v) is 3.14. The number of nitrogens with one attached hydrogen (secondary N) is 1. The summed E-state index contributed by atoms with van der Waals surface area (Å²) in [5, 5.41) is 18.8. The number of nitrogens with zero attached hydrogens (tertiary/aromatic N) is 4. The zero-order chi connectivity index (χ0) is 17.8. The minimum absolute atomic E-state index is 0.0964. The monoisotopic (exact) mass is 343 g/mol. The Morgan fingerprint density at radius 1 is 1.36 bits per heavy atom. The molecule has 7 nitrogen and oxygen atoms in total. The number of likely N-dealkylation sites (N-methyl/N-ethyl adjacent to an activating group) is 1. The number of hydrogen-bond donors (Lipinski definition) is 1. The Morgan fingerprint density at radius 3 is 2.68 bits per heavy atom. The predicted molar refractivity (Wildman–Crippen MR) is 97.3 cm³/mol. The van der Waals surface area contributed by atoms with Gasteiger partial charge >= 0.3 is 0 Å². The SMILES string of the molecule is CCN(CCNCc1cn(C)nc1-c1ccc([N+](=O)[O-])cc1)C1CC1. The number of nitro groups is 1. The van der Waals surface area contributed by atoms with Crippen molar-refractivity contribution in [1.82, 2.24) is 20.0 Å². The van der Waals surface area contributed by atoms with E-state index in [0.717, 1.165) is 49.0 Å². The second-order valence-electron chi connectivity index (χ2n) is 6.52. The van der Waals surface area contributed by atoms with Crippen LogP contribution in [0.3, 0.4) is 0 Å². The van der Waals surface area contributed by atoms with Gasteiger partial charge in [0.2, 0.25) is 0 Å². The van der Waals surface area contributed by atoms with Gasteiger partial charge in [-0.25, -0.2) is 0 Å². The van der Waals surface area contributed by atoms with Crippen LogP contribution in [0.4, 0.5) is 5.69 Å². The predicted octanol–water partition coefficient (Wildman–Crippen LogP) is 2.57. The van der Waals surface area contributed by atoms with Crippen LogP contribution in [0.2, 0.25) is 0 Å². The molecular weight excluding hydrogens is 318 g/mol. The highest BCUT2D eigenvalue weighted by Gasteiger charge is 2.27. The highest BCUT2D eigenvalue weighted by atomic mass is 16.6. The zero-order valence-electron chi connectivity index (χ0n) is 14.8. The van der Waals surface area contributed by atoms with Crippen molar-refractivity contribution in [2.75, 3.05) is 19.6 Å². The first-order chi connectivity index (χ1) is 12.1. The maximum atomic E-state index is 10.8. The van der Waals surface area contributed by atoms with Crippen molar-refractivity contribution >= 4 is 5.69 Å². The molecule has 25 heavy (non-hydrogen) atoms. The molecule has 1 saturated carbocycles. The van der Waals surface area contributed by atoms with Gasteiger partial charge in [-0.2, -0.15) is 5.10 Å². The standard InChI is InChI=1S/C18H25N5O2/c1-3-22(16-8-9-16)11-10-19-12-15-13-21(2)20-18(15)14-4-6-17(7-5-14)23(24)25/h4-7,13,16,19H,3,8-12H2,1-2H3. The van der Waals surface area contributed by atoms with Gasteiger partial charge in [0.1, 0.15) is 0 Å². The lowest BCUT2D eigenvalue weighted by Crippen LogP contribution is -2.33. The van der Waals surface area contributed by atoms with Gasteiger partial charge in [-0.15, -0.1) is 0 Å². The summed E-state index contributed by atoms with van der Waals surface area (Å²) in [5.41, 5.74) is 2.97. The Labute approximate surface area is 147 Å². The third-order valence-corrected chi connectivity index (χ3v) is 4.62. The van der Waals surface area contributed by atoms with Gasteiger partial charge < -0.3 is 5.32 Å². The topological polar surface area (TPSA) is 76.2 Å². The highest BCUT2D eigenvalue weighted by Crippen LogP contribution is 2.26. The normalized spacial score (nSPS) is 14.2. The average Bonchev–Trinajstić information content (AvgIpc) is 3.37. The van der Waals surface area contributed by atoms with Crippen LogP contribution >= 0.6 is 0 Å². The molecule has 1 fully saturated rings. The number of rotatable bonds is 9. The number of benzene rings is 1. The quantitative estimate of drug-likeness (QED) is 0.430. The van der Waals surface area contributed by atoms with E-state index < -0.39 is 0 Å². The van der Waals surface area contributed by atoms with Crippen molar-refractivity contribution in [2.45, 2.75) is 32.4 Å². The van der Waals surface area contributed by atoms with Crippen LogP contribution in [-0.4, -0.2) is 45.3 Å². The summed E-state index contributed by atoms with van der Waals surface area (Å²) in [6.45, 7) is 6.06. The van der Waals surface area contributed by atoms with Gasteiger partial charge in [0.05, 0.1) is 10.6 Å². The summed E-state index contributed by atoms with van der Waals surface area (Å²) >= 11 is 0. The second kappa shape index (κ2) is 7.76. The third-order valence-electron chi connectivity index (χ3n) is 4.62. The molecule has 7 heteroatoms. The fraction of sp³-hybridized carbons (Fsp3) is 0.500.